The number of hydrogen-bond acceptors (Lipinski definition) is 3. The van der Waals surface area contributed by atoms with Gasteiger partial charge in [-0.3, -0.25) is 4.79 Å². The molecular weight excluding hydrogens is 352 g/mol. The molecular formula is C24H38O4. The SMILES string of the molecule is C[C@@]12CC[C@H](O)[C@@H](C=CC(O)C3CCCCC3)[C@@H]1CC2=CCCCCC(=O)O. The van der Waals surface area contributed by atoms with Crippen LogP contribution < -0.4 is 0 Å². The fourth-order valence-corrected chi connectivity index (χ4v) is 5.77. The Labute approximate surface area is 169 Å². The first-order valence-corrected chi connectivity index (χ1v) is 11.4. The molecule has 0 aliphatic heterocycles. The highest BCUT2D eigenvalue weighted by Gasteiger charge is 2.53. The zero-order valence-corrected chi connectivity index (χ0v) is 17.4. The van der Waals surface area contributed by atoms with Crippen molar-refractivity contribution in [2.45, 2.75) is 96.2 Å². The fraction of sp³-hybridized carbons (Fsp3) is 0.792. The summed E-state index contributed by atoms with van der Waals surface area (Å²) in [5, 5.41) is 29.9. The van der Waals surface area contributed by atoms with Crippen LogP contribution in [0.3, 0.4) is 0 Å². The molecule has 0 saturated heterocycles. The normalized spacial score (nSPS) is 36.2. The molecule has 0 amide bonds. The van der Waals surface area contributed by atoms with E-state index >= 15 is 0 Å². The van der Waals surface area contributed by atoms with Crippen LogP contribution in [-0.4, -0.2) is 33.5 Å². The van der Waals surface area contributed by atoms with E-state index in [1.165, 1.54) is 24.8 Å². The Morgan fingerprint density at radius 1 is 1.21 bits per heavy atom. The smallest absolute Gasteiger partial charge is 0.303 e. The molecule has 3 aliphatic rings. The Bertz CT molecular complexity index is 589. The van der Waals surface area contributed by atoms with Crippen molar-refractivity contribution < 1.29 is 20.1 Å². The lowest BCUT2D eigenvalue weighted by molar-refractivity contribution is -0.137. The van der Waals surface area contributed by atoms with E-state index in [1.54, 1.807) is 0 Å². The first kappa shape index (κ1) is 21.6. The lowest BCUT2D eigenvalue weighted by Crippen LogP contribution is -2.51. The molecule has 0 heterocycles. The number of hydrogen-bond donors (Lipinski definition) is 3. The minimum Gasteiger partial charge on any atom is -0.481 e. The summed E-state index contributed by atoms with van der Waals surface area (Å²) < 4.78 is 0. The van der Waals surface area contributed by atoms with Gasteiger partial charge in [-0.25, -0.2) is 0 Å². The third kappa shape index (κ3) is 4.88. The van der Waals surface area contributed by atoms with Gasteiger partial charge in [0.15, 0.2) is 0 Å². The molecule has 0 aromatic rings. The van der Waals surface area contributed by atoms with E-state index in [2.05, 4.69) is 19.1 Å². The molecule has 0 bridgehead atoms. The van der Waals surface area contributed by atoms with Gasteiger partial charge in [0, 0.05) is 12.3 Å². The van der Waals surface area contributed by atoms with Crippen molar-refractivity contribution in [3.05, 3.63) is 23.8 Å². The number of rotatable bonds is 8. The Morgan fingerprint density at radius 2 is 1.96 bits per heavy atom. The molecule has 1 unspecified atom stereocenters. The molecule has 4 heteroatoms. The number of aliphatic hydroxyl groups is 2. The molecule has 3 rings (SSSR count). The van der Waals surface area contributed by atoms with Crippen LogP contribution in [0.1, 0.15) is 84.0 Å². The summed E-state index contributed by atoms with van der Waals surface area (Å²) in [5.41, 5.74) is 1.66. The summed E-state index contributed by atoms with van der Waals surface area (Å²) in [4.78, 5) is 10.6. The highest BCUT2D eigenvalue weighted by atomic mass is 16.4. The van der Waals surface area contributed by atoms with Crippen LogP contribution in [0, 0.1) is 23.2 Å². The molecule has 4 nitrogen and oxygen atoms in total. The molecule has 3 fully saturated rings. The van der Waals surface area contributed by atoms with Gasteiger partial charge in [0.1, 0.15) is 0 Å². The van der Waals surface area contributed by atoms with E-state index in [-0.39, 0.29) is 30.0 Å². The van der Waals surface area contributed by atoms with E-state index in [0.717, 1.165) is 51.4 Å². The van der Waals surface area contributed by atoms with Gasteiger partial charge in [0.05, 0.1) is 12.2 Å². The van der Waals surface area contributed by atoms with Crippen LogP contribution in [0.25, 0.3) is 0 Å². The van der Waals surface area contributed by atoms with Crippen molar-refractivity contribution >= 4 is 5.97 Å². The lowest BCUT2D eigenvalue weighted by atomic mass is 9.48. The van der Waals surface area contributed by atoms with Gasteiger partial charge in [0.2, 0.25) is 0 Å². The molecule has 158 valence electrons. The summed E-state index contributed by atoms with van der Waals surface area (Å²) in [7, 11) is 0. The van der Waals surface area contributed by atoms with Crippen LogP contribution in [-0.2, 0) is 4.79 Å². The van der Waals surface area contributed by atoms with Crippen LogP contribution in [0.2, 0.25) is 0 Å². The third-order valence-corrected chi connectivity index (χ3v) is 7.76. The topological polar surface area (TPSA) is 77.8 Å². The molecule has 3 saturated carbocycles. The summed E-state index contributed by atoms with van der Waals surface area (Å²) in [6, 6.07) is 0. The number of fused-ring (bicyclic) bond motifs is 1. The standard InChI is InChI=1S/C24H38O4/c1-24-15-14-22(26)19(12-13-21(25)17-8-4-2-5-9-17)20(24)16-18(24)10-6-3-7-11-23(27)28/h10,12-13,17,19-22,25-26H,2-9,11,14-16H2,1H3,(H,27,28)/t19-,20-,21?,22-,24-/m0/s1. The second kappa shape index (κ2) is 9.58. The maximum Gasteiger partial charge on any atom is 0.303 e. The first-order chi connectivity index (χ1) is 13.4. The second-order valence-electron chi connectivity index (χ2n) is 9.55. The number of aliphatic carboxylic acids is 1. The quantitative estimate of drug-likeness (QED) is 0.409. The Hall–Kier alpha value is -1.13. The van der Waals surface area contributed by atoms with Crippen LogP contribution in [0.5, 0.6) is 0 Å². The maximum absolute atomic E-state index is 10.6. The number of aliphatic hydroxyl groups excluding tert-OH is 2. The zero-order valence-electron chi connectivity index (χ0n) is 17.4. The van der Waals surface area contributed by atoms with E-state index in [9.17, 15) is 15.0 Å². The Morgan fingerprint density at radius 3 is 2.68 bits per heavy atom. The average Bonchev–Trinajstić information content (AvgIpc) is 2.68. The molecule has 28 heavy (non-hydrogen) atoms. The molecule has 0 aromatic carbocycles. The van der Waals surface area contributed by atoms with Crippen molar-refractivity contribution in [1.82, 2.24) is 0 Å². The lowest BCUT2D eigenvalue weighted by Gasteiger charge is -2.57. The minimum atomic E-state index is -0.713. The van der Waals surface area contributed by atoms with Crippen molar-refractivity contribution in [3.63, 3.8) is 0 Å². The van der Waals surface area contributed by atoms with Gasteiger partial charge in [-0.05, 0) is 68.6 Å². The minimum absolute atomic E-state index is 0.140. The Balaban J connectivity index is 1.55. The highest BCUT2D eigenvalue weighted by Crippen LogP contribution is 2.61. The summed E-state index contributed by atoms with van der Waals surface area (Å²) in [6.45, 7) is 2.33. The predicted octanol–water partition coefficient (Wildman–Crippen LogP) is 4.85. The van der Waals surface area contributed by atoms with Gasteiger partial charge in [-0.1, -0.05) is 50.0 Å². The van der Waals surface area contributed by atoms with Gasteiger partial charge < -0.3 is 15.3 Å². The van der Waals surface area contributed by atoms with E-state index in [0.29, 0.717) is 11.8 Å². The van der Waals surface area contributed by atoms with Gasteiger partial charge >= 0.3 is 5.97 Å². The number of allylic oxidation sites excluding steroid dienone is 2. The van der Waals surface area contributed by atoms with Gasteiger partial charge in [0.25, 0.3) is 0 Å². The van der Waals surface area contributed by atoms with E-state index in [4.69, 9.17) is 5.11 Å². The number of carboxylic acids is 1. The number of carbonyl (C=O) groups is 1. The molecule has 3 aliphatic carbocycles. The number of carboxylic acid groups (broad SMARTS) is 1. The first-order valence-electron chi connectivity index (χ1n) is 11.4. The molecule has 0 spiro atoms. The van der Waals surface area contributed by atoms with Crippen molar-refractivity contribution in [3.8, 4) is 0 Å². The number of unbranched alkanes of at least 4 members (excludes halogenated alkanes) is 2. The maximum atomic E-state index is 10.6. The summed E-state index contributed by atoms with van der Waals surface area (Å²) in [5.74, 6) is 0.270. The van der Waals surface area contributed by atoms with Crippen LogP contribution in [0.15, 0.2) is 23.8 Å². The summed E-state index contributed by atoms with van der Waals surface area (Å²) >= 11 is 0. The fourth-order valence-electron chi connectivity index (χ4n) is 5.77. The van der Waals surface area contributed by atoms with Crippen molar-refractivity contribution in [2.24, 2.45) is 23.2 Å². The largest absolute Gasteiger partial charge is 0.481 e. The predicted molar refractivity (Wildman–Crippen MR) is 111 cm³/mol. The van der Waals surface area contributed by atoms with Gasteiger partial charge in [-0.2, -0.15) is 0 Å². The van der Waals surface area contributed by atoms with Gasteiger partial charge in [-0.15, -0.1) is 0 Å². The van der Waals surface area contributed by atoms with Crippen molar-refractivity contribution in [1.29, 1.82) is 0 Å². The third-order valence-electron chi connectivity index (χ3n) is 7.76. The second-order valence-corrected chi connectivity index (χ2v) is 9.55. The average molecular weight is 391 g/mol. The molecule has 0 aromatic heterocycles. The van der Waals surface area contributed by atoms with Crippen molar-refractivity contribution in [2.75, 3.05) is 0 Å². The Kier molecular flexibility index (Phi) is 7.38. The highest BCUT2D eigenvalue weighted by molar-refractivity contribution is 5.66. The zero-order chi connectivity index (χ0) is 20.1. The summed E-state index contributed by atoms with van der Waals surface area (Å²) in [6.07, 6.45) is 17.5. The van der Waals surface area contributed by atoms with Crippen LogP contribution >= 0.6 is 0 Å². The monoisotopic (exact) mass is 390 g/mol. The van der Waals surface area contributed by atoms with E-state index < -0.39 is 5.97 Å². The van der Waals surface area contributed by atoms with Crippen LogP contribution in [0.4, 0.5) is 0 Å². The van der Waals surface area contributed by atoms with E-state index in [1.807, 2.05) is 6.08 Å². The molecule has 0 radical (unpaired) electrons. The molecule has 5 atom stereocenters. The molecule has 3 N–H and O–H groups in total.